The van der Waals surface area contributed by atoms with Gasteiger partial charge in [0.05, 0.1) is 0 Å². The van der Waals surface area contributed by atoms with Gasteiger partial charge in [-0.1, -0.05) is 19.8 Å². The molecule has 1 aromatic rings. The summed E-state index contributed by atoms with van der Waals surface area (Å²) in [6.07, 6.45) is 9.37. The van der Waals surface area contributed by atoms with E-state index in [-0.39, 0.29) is 0 Å². The Kier molecular flexibility index (Phi) is 5.37. The summed E-state index contributed by atoms with van der Waals surface area (Å²) in [4.78, 5) is 4.47. The lowest BCUT2D eigenvalue weighted by atomic mass is 9.82. The van der Waals surface area contributed by atoms with Crippen molar-refractivity contribution in [3.8, 4) is 0 Å². The van der Waals surface area contributed by atoms with Gasteiger partial charge in [0.1, 0.15) is 12.2 Å². The highest BCUT2D eigenvalue weighted by molar-refractivity contribution is 4.93. The summed E-state index contributed by atoms with van der Waals surface area (Å²) in [5.74, 6) is 1.88. The van der Waals surface area contributed by atoms with Crippen LogP contribution < -0.4 is 5.32 Å². The molecule has 19 heavy (non-hydrogen) atoms. The maximum Gasteiger partial charge on any atom is 0.138 e. The molecular formula is C15H28N4. The molecule has 0 radical (unpaired) electrons. The minimum absolute atomic E-state index is 0.406. The summed E-state index contributed by atoms with van der Waals surface area (Å²) in [6.45, 7) is 7.72. The third-order valence-corrected chi connectivity index (χ3v) is 4.15. The third-order valence-electron chi connectivity index (χ3n) is 4.15. The monoisotopic (exact) mass is 264 g/mol. The number of hydrogen-bond acceptors (Lipinski definition) is 3. The molecule has 1 aliphatic carbocycles. The van der Waals surface area contributed by atoms with Crippen LogP contribution in [0.2, 0.25) is 0 Å². The predicted octanol–water partition coefficient (Wildman–Crippen LogP) is 2.96. The Hall–Kier alpha value is -0.900. The Bertz CT molecular complexity index is 372. The molecule has 108 valence electrons. The largest absolute Gasteiger partial charge is 0.314 e. The quantitative estimate of drug-likeness (QED) is 0.859. The first-order valence-electron chi connectivity index (χ1n) is 7.84. The standard InChI is InChI=1S/C15H28N4/c1-4-9-16-14-8-6-5-7-13(14)10-15-17-11-18-19(15)12(2)3/h11-14,16H,4-10H2,1-3H3. The zero-order chi connectivity index (χ0) is 13.7. The van der Waals surface area contributed by atoms with Gasteiger partial charge in [0.2, 0.25) is 0 Å². The summed E-state index contributed by atoms with van der Waals surface area (Å²) in [6, 6.07) is 1.08. The fraction of sp³-hybridized carbons (Fsp3) is 0.867. The molecule has 1 heterocycles. The van der Waals surface area contributed by atoms with E-state index in [2.05, 4.69) is 40.9 Å². The van der Waals surface area contributed by atoms with Crippen molar-refractivity contribution in [1.82, 2.24) is 20.1 Å². The van der Waals surface area contributed by atoms with E-state index in [0.29, 0.717) is 12.1 Å². The van der Waals surface area contributed by atoms with Crippen molar-refractivity contribution in [2.24, 2.45) is 5.92 Å². The summed E-state index contributed by atoms with van der Waals surface area (Å²) in [7, 11) is 0. The van der Waals surface area contributed by atoms with Gasteiger partial charge in [0.15, 0.2) is 0 Å². The molecule has 0 amide bonds. The van der Waals surface area contributed by atoms with Gasteiger partial charge in [0, 0.05) is 18.5 Å². The summed E-state index contributed by atoms with van der Waals surface area (Å²) < 4.78 is 2.07. The smallest absolute Gasteiger partial charge is 0.138 e. The minimum atomic E-state index is 0.406. The van der Waals surface area contributed by atoms with Crippen LogP contribution in [0.25, 0.3) is 0 Å². The van der Waals surface area contributed by atoms with Crippen molar-refractivity contribution in [2.75, 3.05) is 6.54 Å². The second-order valence-electron chi connectivity index (χ2n) is 6.02. The Balaban J connectivity index is 2.00. The summed E-state index contributed by atoms with van der Waals surface area (Å²) in [5, 5.41) is 8.08. The van der Waals surface area contributed by atoms with Gasteiger partial charge < -0.3 is 5.32 Å². The first-order valence-corrected chi connectivity index (χ1v) is 7.84. The fourth-order valence-corrected chi connectivity index (χ4v) is 3.14. The van der Waals surface area contributed by atoms with E-state index < -0.39 is 0 Å². The van der Waals surface area contributed by atoms with E-state index in [1.54, 1.807) is 6.33 Å². The molecule has 1 saturated carbocycles. The molecule has 0 saturated heterocycles. The maximum atomic E-state index is 4.47. The fourth-order valence-electron chi connectivity index (χ4n) is 3.14. The zero-order valence-electron chi connectivity index (χ0n) is 12.6. The van der Waals surface area contributed by atoms with Gasteiger partial charge in [0.25, 0.3) is 0 Å². The summed E-state index contributed by atoms with van der Waals surface area (Å²) in [5.41, 5.74) is 0. The van der Waals surface area contributed by atoms with Crippen molar-refractivity contribution < 1.29 is 0 Å². The van der Waals surface area contributed by atoms with Crippen molar-refractivity contribution in [2.45, 2.75) is 71.4 Å². The highest BCUT2D eigenvalue weighted by atomic mass is 15.3. The molecule has 0 spiro atoms. The molecule has 1 N–H and O–H groups in total. The van der Waals surface area contributed by atoms with Gasteiger partial charge in [-0.05, 0) is 45.6 Å². The van der Waals surface area contributed by atoms with Crippen LogP contribution in [0.4, 0.5) is 0 Å². The maximum absolute atomic E-state index is 4.47. The Morgan fingerprint density at radius 1 is 1.37 bits per heavy atom. The van der Waals surface area contributed by atoms with E-state index in [1.165, 1.54) is 32.1 Å². The molecule has 2 rings (SSSR count). The Morgan fingerprint density at radius 2 is 2.16 bits per heavy atom. The number of rotatable bonds is 6. The Morgan fingerprint density at radius 3 is 2.89 bits per heavy atom. The van der Waals surface area contributed by atoms with Crippen LogP contribution in [-0.4, -0.2) is 27.4 Å². The van der Waals surface area contributed by atoms with Gasteiger partial charge in [-0.25, -0.2) is 9.67 Å². The lowest BCUT2D eigenvalue weighted by Crippen LogP contribution is -2.40. The van der Waals surface area contributed by atoms with Crippen LogP contribution in [0, 0.1) is 5.92 Å². The first kappa shape index (κ1) is 14.5. The SMILES string of the molecule is CCCNC1CCCCC1Cc1ncnn1C(C)C. The van der Waals surface area contributed by atoms with Gasteiger partial charge in [-0.3, -0.25) is 0 Å². The van der Waals surface area contributed by atoms with Gasteiger partial charge in [-0.2, -0.15) is 5.10 Å². The molecule has 1 aliphatic rings. The summed E-state index contributed by atoms with van der Waals surface area (Å²) >= 11 is 0. The Labute approximate surface area is 117 Å². The van der Waals surface area contributed by atoms with Crippen LogP contribution in [0.1, 0.15) is 64.7 Å². The van der Waals surface area contributed by atoms with E-state index in [4.69, 9.17) is 0 Å². The molecule has 4 nitrogen and oxygen atoms in total. The molecule has 0 aromatic carbocycles. The number of nitrogens with zero attached hydrogens (tertiary/aromatic N) is 3. The predicted molar refractivity (Wildman–Crippen MR) is 78.2 cm³/mol. The average Bonchev–Trinajstić information content (AvgIpc) is 2.86. The van der Waals surface area contributed by atoms with Gasteiger partial charge >= 0.3 is 0 Å². The number of nitrogens with one attached hydrogen (secondary N) is 1. The molecular weight excluding hydrogens is 236 g/mol. The molecule has 4 heteroatoms. The zero-order valence-corrected chi connectivity index (χ0v) is 12.6. The van der Waals surface area contributed by atoms with E-state index in [9.17, 15) is 0 Å². The number of aromatic nitrogens is 3. The first-order chi connectivity index (χ1) is 9.22. The third kappa shape index (κ3) is 3.78. The van der Waals surface area contributed by atoms with Gasteiger partial charge in [-0.15, -0.1) is 0 Å². The number of hydrogen-bond donors (Lipinski definition) is 1. The van der Waals surface area contributed by atoms with E-state index in [1.807, 2.05) is 0 Å². The van der Waals surface area contributed by atoms with Crippen molar-refractivity contribution in [1.29, 1.82) is 0 Å². The molecule has 0 aliphatic heterocycles. The van der Waals surface area contributed by atoms with Crippen LogP contribution in [-0.2, 0) is 6.42 Å². The topological polar surface area (TPSA) is 42.7 Å². The van der Waals surface area contributed by atoms with E-state index >= 15 is 0 Å². The van der Waals surface area contributed by atoms with Crippen LogP contribution in [0.5, 0.6) is 0 Å². The lowest BCUT2D eigenvalue weighted by molar-refractivity contribution is 0.254. The molecule has 1 fully saturated rings. The van der Waals surface area contributed by atoms with Crippen molar-refractivity contribution in [3.63, 3.8) is 0 Å². The average molecular weight is 264 g/mol. The highest BCUT2D eigenvalue weighted by Crippen LogP contribution is 2.27. The molecule has 0 bridgehead atoms. The highest BCUT2D eigenvalue weighted by Gasteiger charge is 2.26. The molecule has 1 aromatic heterocycles. The lowest BCUT2D eigenvalue weighted by Gasteiger charge is -2.32. The van der Waals surface area contributed by atoms with Crippen LogP contribution in [0.15, 0.2) is 6.33 Å². The second kappa shape index (κ2) is 7.04. The van der Waals surface area contributed by atoms with Crippen molar-refractivity contribution >= 4 is 0 Å². The van der Waals surface area contributed by atoms with Crippen molar-refractivity contribution in [3.05, 3.63) is 12.2 Å². The molecule has 2 unspecified atom stereocenters. The second-order valence-corrected chi connectivity index (χ2v) is 6.02. The molecule has 2 atom stereocenters. The van der Waals surface area contributed by atoms with Crippen LogP contribution >= 0.6 is 0 Å². The normalized spacial score (nSPS) is 24.0. The minimum Gasteiger partial charge on any atom is -0.314 e. The van der Waals surface area contributed by atoms with Crippen LogP contribution in [0.3, 0.4) is 0 Å². The van der Waals surface area contributed by atoms with E-state index in [0.717, 1.165) is 24.7 Å².